The Labute approximate surface area is 131 Å². The van der Waals surface area contributed by atoms with Gasteiger partial charge in [0.2, 0.25) is 5.95 Å². The number of rotatable bonds is 2. The third kappa shape index (κ3) is 2.05. The second kappa shape index (κ2) is 4.99. The number of halogens is 1. The van der Waals surface area contributed by atoms with Gasteiger partial charge in [-0.3, -0.25) is 9.78 Å². The number of nitrogens with zero attached hydrogens (tertiary/aromatic N) is 3. The summed E-state index contributed by atoms with van der Waals surface area (Å²) in [6, 6.07) is 0. The molecule has 0 amide bonds. The SMILES string of the molecule is C[C@@]1(O)[C@H](O)[C@@H](CO)O[C@H]1n1nc(Br)c2c(=O)[nH]c(N)nc21. The number of aromatic amines is 1. The summed E-state index contributed by atoms with van der Waals surface area (Å²) < 4.78 is 6.81. The molecule has 1 saturated heterocycles. The van der Waals surface area contributed by atoms with Gasteiger partial charge >= 0.3 is 0 Å². The van der Waals surface area contributed by atoms with E-state index in [2.05, 4.69) is 31.0 Å². The quantitative estimate of drug-likeness (QED) is 0.422. The molecule has 0 aliphatic carbocycles. The van der Waals surface area contributed by atoms with Crippen molar-refractivity contribution >= 4 is 32.9 Å². The fourth-order valence-corrected chi connectivity index (χ4v) is 3.06. The predicted molar refractivity (Wildman–Crippen MR) is 77.9 cm³/mol. The first-order valence-electron chi connectivity index (χ1n) is 6.37. The molecule has 0 saturated carbocycles. The Hall–Kier alpha value is -1.53. The third-order valence-electron chi connectivity index (χ3n) is 3.69. The van der Waals surface area contributed by atoms with E-state index >= 15 is 0 Å². The van der Waals surface area contributed by atoms with Crippen molar-refractivity contribution in [1.82, 2.24) is 19.7 Å². The lowest BCUT2D eigenvalue weighted by molar-refractivity contribution is -0.100. The number of nitrogen functional groups attached to an aromatic ring is 1. The summed E-state index contributed by atoms with van der Waals surface area (Å²) in [5.74, 6) is -0.122. The van der Waals surface area contributed by atoms with Crippen LogP contribution in [0.4, 0.5) is 5.95 Å². The van der Waals surface area contributed by atoms with E-state index in [0.29, 0.717) is 0 Å². The summed E-state index contributed by atoms with van der Waals surface area (Å²) in [6.07, 6.45) is -3.47. The molecule has 3 heterocycles. The first kappa shape index (κ1) is 15.4. The summed E-state index contributed by atoms with van der Waals surface area (Å²) in [5.41, 5.74) is 3.37. The van der Waals surface area contributed by atoms with Gasteiger partial charge in [-0.15, -0.1) is 0 Å². The maximum absolute atomic E-state index is 11.9. The zero-order valence-corrected chi connectivity index (χ0v) is 13.0. The molecule has 1 fully saturated rings. The molecule has 6 N–H and O–H groups in total. The van der Waals surface area contributed by atoms with Gasteiger partial charge in [0, 0.05) is 0 Å². The van der Waals surface area contributed by atoms with Gasteiger partial charge in [0.15, 0.2) is 11.9 Å². The number of aliphatic hydroxyl groups is 3. The van der Waals surface area contributed by atoms with Crippen LogP contribution in [0.1, 0.15) is 13.2 Å². The standard InChI is InChI=1S/C11H14BrN5O5/c1-11(21)5(19)3(2-18)22-9(11)17-7-4(6(12)16-17)8(20)15-10(13)14-7/h3,5,9,18-19,21H,2H2,1H3,(H3,13,14,15,20)/t3-,5-,9-,11-/m1/s1. The minimum absolute atomic E-state index is 0.0872. The molecule has 0 radical (unpaired) electrons. The topological polar surface area (TPSA) is 160 Å². The molecule has 22 heavy (non-hydrogen) atoms. The Morgan fingerprint density at radius 2 is 2.27 bits per heavy atom. The lowest BCUT2D eigenvalue weighted by Gasteiger charge is -2.26. The van der Waals surface area contributed by atoms with Crippen molar-refractivity contribution in [3.05, 3.63) is 15.0 Å². The van der Waals surface area contributed by atoms with E-state index in [-0.39, 0.29) is 21.6 Å². The number of ether oxygens (including phenoxy) is 1. The molecule has 11 heteroatoms. The molecule has 1 aliphatic heterocycles. The zero-order chi connectivity index (χ0) is 16.2. The number of nitrogens with one attached hydrogen (secondary N) is 1. The smallest absolute Gasteiger partial charge is 0.264 e. The number of hydrogen-bond donors (Lipinski definition) is 5. The molecule has 1 aliphatic rings. The van der Waals surface area contributed by atoms with Gasteiger partial charge in [0.1, 0.15) is 27.8 Å². The number of fused-ring (bicyclic) bond motifs is 1. The summed E-state index contributed by atoms with van der Waals surface area (Å²) in [5, 5.41) is 34.0. The number of H-pyrrole nitrogens is 1. The fourth-order valence-electron chi connectivity index (χ4n) is 2.53. The minimum Gasteiger partial charge on any atom is -0.394 e. The van der Waals surface area contributed by atoms with Gasteiger partial charge in [-0.2, -0.15) is 10.1 Å². The fraction of sp³-hybridized carbons (Fsp3) is 0.545. The maximum atomic E-state index is 11.9. The van der Waals surface area contributed by atoms with Crippen molar-refractivity contribution in [2.75, 3.05) is 12.3 Å². The molecule has 120 valence electrons. The molecular weight excluding hydrogens is 362 g/mol. The first-order chi connectivity index (χ1) is 10.3. The lowest BCUT2D eigenvalue weighted by atomic mass is 9.97. The number of hydrogen-bond acceptors (Lipinski definition) is 8. The molecule has 10 nitrogen and oxygen atoms in total. The molecule has 0 aromatic carbocycles. The highest BCUT2D eigenvalue weighted by Crippen LogP contribution is 2.39. The lowest BCUT2D eigenvalue weighted by Crippen LogP contribution is -2.44. The second-order valence-corrected chi connectivity index (χ2v) is 6.02. The maximum Gasteiger partial charge on any atom is 0.264 e. The van der Waals surface area contributed by atoms with E-state index < -0.39 is 36.2 Å². The van der Waals surface area contributed by atoms with E-state index in [0.717, 1.165) is 4.68 Å². The molecule has 2 aromatic heterocycles. The Morgan fingerprint density at radius 1 is 1.59 bits per heavy atom. The van der Waals surface area contributed by atoms with E-state index in [1.54, 1.807) is 0 Å². The average molecular weight is 376 g/mol. The van der Waals surface area contributed by atoms with Crippen LogP contribution >= 0.6 is 15.9 Å². The Balaban J connectivity index is 2.21. The second-order valence-electron chi connectivity index (χ2n) is 5.27. The highest BCUT2D eigenvalue weighted by atomic mass is 79.9. The molecule has 0 bridgehead atoms. The van der Waals surface area contributed by atoms with Crippen LogP contribution in [0.3, 0.4) is 0 Å². The summed E-state index contributed by atoms with van der Waals surface area (Å²) in [6.45, 7) is 0.861. The monoisotopic (exact) mass is 375 g/mol. The molecular formula is C11H14BrN5O5. The summed E-state index contributed by atoms with van der Waals surface area (Å²) in [4.78, 5) is 18.3. The molecule has 3 rings (SSSR count). The van der Waals surface area contributed by atoms with Gasteiger partial charge in [-0.1, -0.05) is 0 Å². The van der Waals surface area contributed by atoms with Crippen molar-refractivity contribution < 1.29 is 20.1 Å². The number of aliphatic hydroxyl groups excluding tert-OH is 2. The van der Waals surface area contributed by atoms with E-state index in [1.807, 2.05) is 0 Å². The molecule has 2 aromatic rings. The van der Waals surface area contributed by atoms with E-state index in [4.69, 9.17) is 10.5 Å². The first-order valence-corrected chi connectivity index (χ1v) is 7.17. The summed E-state index contributed by atoms with van der Waals surface area (Å²) in [7, 11) is 0. The Kier molecular flexibility index (Phi) is 3.49. The van der Waals surface area contributed by atoms with Gasteiger partial charge in [0.25, 0.3) is 5.56 Å². The summed E-state index contributed by atoms with van der Waals surface area (Å²) >= 11 is 3.14. The normalized spacial score (nSPS) is 32.0. The van der Waals surface area contributed by atoms with Crippen LogP contribution in [0.2, 0.25) is 0 Å². The molecule has 0 unspecified atom stereocenters. The van der Waals surface area contributed by atoms with E-state index in [9.17, 15) is 20.1 Å². The van der Waals surface area contributed by atoms with Crippen molar-refractivity contribution in [3.63, 3.8) is 0 Å². The van der Waals surface area contributed by atoms with Gasteiger partial charge in [-0.25, -0.2) is 4.68 Å². The van der Waals surface area contributed by atoms with Gasteiger partial charge in [0.05, 0.1) is 6.61 Å². The van der Waals surface area contributed by atoms with E-state index in [1.165, 1.54) is 6.92 Å². The highest BCUT2D eigenvalue weighted by molar-refractivity contribution is 9.10. The number of aromatic nitrogens is 4. The Bertz CT molecular complexity index is 787. The highest BCUT2D eigenvalue weighted by Gasteiger charge is 2.53. The van der Waals surface area contributed by atoms with Crippen LogP contribution in [0, 0.1) is 0 Å². The number of anilines is 1. The van der Waals surface area contributed by atoms with Crippen molar-refractivity contribution in [2.45, 2.75) is 31.0 Å². The van der Waals surface area contributed by atoms with Crippen molar-refractivity contribution in [1.29, 1.82) is 0 Å². The van der Waals surface area contributed by atoms with Crippen LogP contribution in [-0.4, -0.2) is 59.5 Å². The molecule has 4 atom stereocenters. The predicted octanol–water partition coefficient (Wildman–Crippen LogP) is -1.53. The number of nitrogens with two attached hydrogens (primary N) is 1. The Morgan fingerprint density at radius 3 is 2.86 bits per heavy atom. The minimum atomic E-state index is -1.75. The van der Waals surface area contributed by atoms with Crippen LogP contribution < -0.4 is 11.3 Å². The van der Waals surface area contributed by atoms with Crippen LogP contribution in [-0.2, 0) is 4.74 Å². The van der Waals surface area contributed by atoms with Gasteiger partial charge in [-0.05, 0) is 22.9 Å². The average Bonchev–Trinajstić information content (AvgIpc) is 2.86. The van der Waals surface area contributed by atoms with Crippen LogP contribution in [0.15, 0.2) is 9.40 Å². The molecule has 0 spiro atoms. The van der Waals surface area contributed by atoms with Gasteiger partial charge < -0.3 is 25.8 Å². The third-order valence-corrected chi connectivity index (χ3v) is 4.25. The van der Waals surface area contributed by atoms with Crippen molar-refractivity contribution in [3.8, 4) is 0 Å². The van der Waals surface area contributed by atoms with Crippen LogP contribution in [0.5, 0.6) is 0 Å². The zero-order valence-electron chi connectivity index (χ0n) is 11.4. The largest absolute Gasteiger partial charge is 0.394 e. The van der Waals surface area contributed by atoms with Crippen LogP contribution in [0.25, 0.3) is 11.0 Å². The van der Waals surface area contributed by atoms with Crippen molar-refractivity contribution in [2.24, 2.45) is 0 Å².